The van der Waals surface area contributed by atoms with Crippen LogP contribution >= 0.6 is 15.9 Å². The Bertz CT molecular complexity index is 1010. The lowest BCUT2D eigenvalue weighted by Crippen LogP contribution is -2.49. The van der Waals surface area contributed by atoms with E-state index in [0.717, 1.165) is 38.1 Å². The van der Waals surface area contributed by atoms with Gasteiger partial charge >= 0.3 is 0 Å². The van der Waals surface area contributed by atoms with Gasteiger partial charge in [0.05, 0.1) is 23.5 Å². The van der Waals surface area contributed by atoms with Crippen LogP contribution in [0.4, 0.5) is 17.2 Å². The summed E-state index contributed by atoms with van der Waals surface area (Å²) in [5, 5.41) is 4.03. The number of carbonyl (C=O) groups excluding carboxylic acids is 2. The number of nitrogens with one attached hydrogen (secondary N) is 1. The van der Waals surface area contributed by atoms with Crippen molar-refractivity contribution in [2.24, 2.45) is 0 Å². The molecule has 0 bridgehead atoms. The lowest BCUT2D eigenvalue weighted by molar-refractivity contribution is -0.119. The third-order valence-corrected chi connectivity index (χ3v) is 7.63. The first-order chi connectivity index (χ1) is 17.7. The fourth-order valence-corrected chi connectivity index (χ4v) is 5.41. The van der Waals surface area contributed by atoms with Crippen LogP contribution in [0.25, 0.3) is 0 Å². The number of rotatable bonds is 12. The van der Waals surface area contributed by atoms with Crippen LogP contribution in [-0.4, -0.2) is 71.2 Å². The number of amides is 2. The molecule has 0 aliphatic carbocycles. The number of halogens is 1. The van der Waals surface area contributed by atoms with Crippen LogP contribution in [0.5, 0.6) is 0 Å². The second-order valence-electron chi connectivity index (χ2n) is 9.71. The van der Waals surface area contributed by atoms with E-state index in [9.17, 15) is 9.59 Å². The molecule has 2 aliphatic rings. The molecule has 0 radical (unpaired) electrons. The largest absolute Gasteiger partial charge is 0.319 e. The second-order valence-corrected chi connectivity index (χ2v) is 10.5. The van der Waals surface area contributed by atoms with Gasteiger partial charge in [-0.15, -0.1) is 0 Å². The van der Waals surface area contributed by atoms with E-state index in [0.29, 0.717) is 29.3 Å². The number of benzene rings is 1. The minimum absolute atomic E-state index is 0.0662. The number of hydrogen-bond acceptors (Lipinski definition) is 5. The second kappa shape index (κ2) is 13.9. The van der Waals surface area contributed by atoms with E-state index in [-0.39, 0.29) is 11.8 Å². The zero-order valence-corrected chi connectivity index (χ0v) is 22.7. The lowest BCUT2D eigenvalue weighted by atomic mass is 10.1. The number of nitrogens with zero attached hydrogens (tertiary/aromatic N) is 4. The van der Waals surface area contributed by atoms with E-state index in [1.165, 1.54) is 51.4 Å². The zero-order chi connectivity index (χ0) is 25.2. The van der Waals surface area contributed by atoms with Crippen molar-refractivity contribution in [1.82, 2.24) is 14.8 Å². The Labute approximate surface area is 223 Å². The summed E-state index contributed by atoms with van der Waals surface area (Å²) in [5.74, 6) is 0.185. The Morgan fingerprint density at radius 1 is 0.861 bits per heavy atom. The molecular formula is C28H38BrN5O2. The number of pyridine rings is 1. The molecule has 0 unspecified atom stereocenters. The number of anilines is 3. The van der Waals surface area contributed by atoms with E-state index in [4.69, 9.17) is 0 Å². The standard InChI is InChI=1S/C28H38BrN5O2/c29-15-9-5-3-1-2-4-6-10-17-32-18-20-33(21-19-32)22-26(35)34-25-14-8-7-12-23(25)28(36)31-24-13-11-16-30-27(24)34/h7-8,11-14,16H,1-6,9-10,15,17-22H2,(H,31,36). The van der Waals surface area contributed by atoms with Crippen molar-refractivity contribution in [3.8, 4) is 0 Å². The molecule has 1 aromatic heterocycles. The third-order valence-electron chi connectivity index (χ3n) is 7.07. The molecule has 1 N–H and O–H groups in total. The van der Waals surface area contributed by atoms with Crippen molar-refractivity contribution < 1.29 is 9.59 Å². The van der Waals surface area contributed by atoms with Crippen molar-refractivity contribution in [2.45, 2.75) is 51.4 Å². The molecule has 36 heavy (non-hydrogen) atoms. The lowest BCUT2D eigenvalue weighted by Gasteiger charge is -2.35. The van der Waals surface area contributed by atoms with Crippen LogP contribution < -0.4 is 10.2 Å². The SMILES string of the molecule is O=C1Nc2cccnc2N(C(=O)CN2CCN(CCCCCCCCCCBr)CC2)c2ccccc21. The number of fused-ring (bicyclic) bond motifs is 2. The summed E-state index contributed by atoms with van der Waals surface area (Å²) in [7, 11) is 0. The van der Waals surface area contributed by atoms with Gasteiger partial charge in [0.15, 0.2) is 5.82 Å². The maximum atomic E-state index is 13.6. The number of hydrogen-bond donors (Lipinski definition) is 1. The Kier molecular flexibility index (Phi) is 10.3. The highest BCUT2D eigenvalue weighted by Crippen LogP contribution is 2.36. The van der Waals surface area contributed by atoms with Crippen molar-refractivity contribution in [3.05, 3.63) is 48.2 Å². The van der Waals surface area contributed by atoms with Gasteiger partial charge < -0.3 is 10.2 Å². The fraction of sp³-hybridized carbons (Fsp3) is 0.536. The van der Waals surface area contributed by atoms with Crippen molar-refractivity contribution >= 4 is 44.9 Å². The maximum Gasteiger partial charge on any atom is 0.257 e. The predicted octanol–water partition coefficient (Wildman–Crippen LogP) is 5.45. The van der Waals surface area contributed by atoms with Crippen LogP contribution in [0, 0.1) is 0 Å². The van der Waals surface area contributed by atoms with Crippen LogP contribution in [0.1, 0.15) is 61.7 Å². The smallest absolute Gasteiger partial charge is 0.257 e. The Morgan fingerprint density at radius 3 is 2.28 bits per heavy atom. The number of carbonyl (C=O) groups is 2. The molecule has 7 nitrogen and oxygen atoms in total. The molecule has 8 heteroatoms. The molecule has 4 rings (SSSR count). The predicted molar refractivity (Wildman–Crippen MR) is 149 cm³/mol. The molecule has 2 aliphatic heterocycles. The van der Waals surface area contributed by atoms with Gasteiger partial charge in [-0.1, -0.05) is 66.6 Å². The summed E-state index contributed by atoms with van der Waals surface area (Å²) in [6.07, 6.45) is 12.3. The molecule has 0 atom stereocenters. The summed E-state index contributed by atoms with van der Waals surface area (Å²) < 4.78 is 0. The Balaban J connectivity index is 1.25. The average molecular weight is 557 g/mol. The maximum absolute atomic E-state index is 13.6. The van der Waals surface area contributed by atoms with E-state index in [2.05, 4.69) is 36.0 Å². The highest BCUT2D eigenvalue weighted by atomic mass is 79.9. The summed E-state index contributed by atoms with van der Waals surface area (Å²) in [4.78, 5) is 37.1. The van der Waals surface area contributed by atoms with E-state index >= 15 is 0 Å². The molecule has 1 fully saturated rings. The number of unbranched alkanes of at least 4 members (excludes halogenated alkanes) is 7. The first-order valence-corrected chi connectivity index (χ1v) is 14.5. The molecule has 2 aromatic rings. The monoisotopic (exact) mass is 555 g/mol. The average Bonchev–Trinajstić information content (AvgIpc) is 3.02. The highest BCUT2D eigenvalue weighted by molar-refractivity contribution is 9.09. The molecule has 1 aromatic carbocycles. The van der Waals surface area contributed by atoms with Gasteiger partial charge in [-0.3, -0.25) is 19.4 Å². The third kappa shape index (κ3) is 7.14. The minimum Gasteiger partial charge on any atom is -0.319 e. The molecular weight excluding hydrogens is 518 g/mol. The van der Waals surface area contributed by atoms with Gasteiger partial charge in [-0.25, -0.2) is 4.98 Å². The summed E-state index contributed by atoms with van der Waals surface area (Å²) in [6, 6.07) is 10.8. The topological polar surface area (TPSA) is 68.8 Å². The summed E-state index contributed by atoms with van der Waals surface area (Å²) in [5.41, 5.74) is 1.61. The summed E-state index contributed by atoms with van der Waals surface area (Å²) >= 11 is 3.50. The number of aromatic nitrogens is 1. The summed E-state index contributed by atoms with van der Waals surface area (Å²) in [6.45, 7) is 5.19. The molecule has 1 saturated heterocycles. The van der Waals surface area contributed by atoms with Gasteiger partial charge in [0.2, 0.25) is 5.91 Å². The van der Waals surface area contributed by atoms with Crippen LogP contribution in [0.2, 0.25) is 0 Å². The van der Waals surface area contributed by atoms with E-state index < -0.39 is 0 Å². The number of alkyl halides is 1. The van der Waals surface area contributed by atoms with Crippen LogP contribution in [0.3, 0.4) is 0 Å². The Hall–Kier alpha value is -2.29. The van der Waals surface area contributed by atoms with E-state index in [1.807, 2.05) is 18.2 Å². The van der Waals surface area contributed by atoms with Crippen LogP contribution in [0.15, 0.2) is 42.6 Å². The molecule has 0 spiro atoms. The van der Waals surface area contributed by atoms with Crippen LogP contribution in [-0.2, 0) is 4.79 Å². The first kappa shape index (κ1) is 26.8. The number of piperazine rings is 1. The van der Waals surface area contributed by atoms with Crippen molar-refractivity contribution in [2.75, 3.05) is 54.8 Å². The van der Waals surface area contributed by atoms with Gasteiger partial charge in [0.1, 0.15) is 0 Å². The minimum atomic E-state index is -0.224. The highest BCUT2D eigenvalue weighted by Gasteiger charge is 2.31. The quantitative estimate of drug-likeness (QED) is 0.278. The zero-order valence-electron chi connectivity index (χ0n) is 21.1. The molecule has 3 heterocycles. The first-order valence-electron chi connectivity index (χ1n) is 13.4. The normalized spacial score (nSPS) is 16.2. The van der Waals surface area contributed by atoms with Gasteiger partial charge in [0.25, 0.3) is 5.91 Å². The van der Waals surface area contributed by atoms with E-state index in [1.54, 1.807) is 29.3 Å². The van der Waals surface area contributed by atoms with Gasteiger partial charge in [-0.2, -0.15) is 0 Å². The molecule has 194 valence electrons. The Morgan fingerprint density at radius 2 is 1.53 bits per heavy atom. The van der Waals surface area contributed by atoms with Gasteiger partial charge in [0, 0.05) is 37.7 Å². The van der Waals surface area contributed by atoms with Gasteiger partial charge in [-0.05, 0) is 43.7 Å². The van der Waals surface area contributed by atoms with Crippen molar-refractivity contribution in [3.63, 3.8) is 0 Å². The molecule has 2 amide bonds. The fourth-order valence-electron chi connectivity index (χ4n) is 5.01. The number of para-hydroxylation sites is 1. The molecule has 0 saturated carbocycles. The van der Waals surface area contributed by atoms with Crippen molar-refractivity contribution in [1.29, 1.82) is 0 Å².